The lowest BCUT2D eigenvalue weighted by atomic mass is 9.84. The van der Waals surface area contributed by atoms with Crippen LogP contribution in [-0.2, 0) is 9.59 Å². The van der Waals surface area contributed by atoms with E-state index < -0.39 is 11.9 Å². The first kappa shape index (κ1) is 12.4. The van der Waals surface area contributed by atoms with Crippen molar-refractivity contribution in [2.75, 3.05) is 6.54 Å². The molecule has 0 bridgehead atoms. The summed E-state index contributed by atoms with van der Waals surface area (Å²) in [6, 6.07) is -0.303. The van der Waals surface area contributed by atoms with Gasteiger partial charge in [-0.3, -0.25) is 9.59 Å². The van der Waals surface area contributed by atoms with E-state index in [0.29, 0.717) is 6.42 Å². The molecular weight excluding hydrogens is 220 g/mol. The molecule has 5 heteroatoms. The fraction of sp³-hybridized carbons (Fsp3) is 0.833. The van der Waals surface area contributed by atoms with Crippen LogP contribution in [0, 0.1) is 5.92 Å². The predicted molar refractivity (Wildman–Crippen MR) is 62.5 cm³/mol. The van der Waals surface area contributed by atoms with Gasteiger partial charge in [0.1, 0.15) is 0 Å². The highest BCUT2D eigenvalue weighted by Crippen LogP contribution is 2.25. The van der Waals surface area contributed by atoms with Crippen LogP contribution in [-0.4, -0.2) is 35.6 Å². The van der Waals surface area contributed by atoms with Crippen LogP contribution < -0.4 is 10.6 Å². The van der Waals surface area contributed by atoms with Gasteiger partial charge in [0.05, 0.1) is 12.0 Å². The minimum Gasteiger partial charge on any atom is -0.481 e. The molecule has 0 aromatic rings. The third-order valence-electron chi connectivity index (χ3n) is 3.79. The van der Waals surface area contributed by atoms with Gasteiger partial charge in [-0.15, -0.1) is 0 Å². The van der Waals surface area contributed by atoms with Gasteiger partial charge in [0.25, 0.3) is 0 Å². The summed E-state index contributed by atoms with van der Waals surface area (Å²) in [5.41, 5.74) is 0. The summed E-state index contributed by atoms with van der Waals surface area (Å²) in [7, 11) is 0. The van der Waals surface area contributed by atoms with Crippen molar-refractivity contribution in [3.05, 3.63) is 0 Å². The van der Waals surface area contributed by atoms with Crippen LogP contribution in [0.25, 0.3) is 0 Å². The molecule has 1 saturated heterocycles. The predicted octanol–water partition coefficient (Wildman–Crippen LogP) is 0.498. The van der Waals surface area contributed by atoms with Crippen molar-refractivity contribution >= 4 is 11.9 Å². The molecule has 1 amide bonds. The Morgan fingerprint density at radius 1 is 1.12 bits per heavy atom. The van der Waals surface area contributed by atoms with E-state index in [1.165, 1.54) is 0 Å². The molecule has 5 nitrogen and oxygen atoms in total. The monoisotopic (exact) mass is 240 g/mol. The zero-order valence-corrected chi connectivity index (χ0v) is 9.95. The zero-order valence-electron chi connectivity index (χ0n) is 9.95. The second-order valence-electron chi connectivity index (χ2n) is 4.99. The Bertz CT molecular complexity index is 300. The van der Waals surface area contributed by atoms with Gasteiger partial charge in [-0.25, -0.2) is 0 Å². The average molecular weight is 240 g/mol. The number of carboxylic acids is 1. The molecule has 3 atom stereocenters. The van der Waals surface area contributed by atoms with Gasteiger partial charge in [0.2, 0.25) is 5.91 Å². The first-order valence-corrected chi connectivity index (χ1v) is 6.45. The molecule has 17 heavy (non-hydrogen) atoms. The van der Waals surface area contributed by atoms with Crippen molar-refractivity contribution in [1.29, 1.82) is 0 Å². The summed E-state index contributed by atoms with van der Waals surface area (Å²) in [4.78, 5) is 23.0. The van der Waals surface area contributed by atoms with Gasteiger partial charge in [-0.05, 0) is 32.2 Å². The van der Waals surface area contributed by atoms with Crippen LogP contribution in [0.3, 0.4) is 0 Å². The van der Waals surface area contributed by atoms with Crippen molar-refractivity contribution in [3.63, 3.8) is 0 Å². The number of hydrogen-bond acceptors (Lipinski definition) is 3. The fourth-order valence-corrected chi connectivity index (χ4v) is 2.79. The minimum absolute atomic E-state index is 0.0272. The van der Waals surface area contributed by atoms with Crippen LogP contribution in [0.5, 0.6) is 0 Å². The molecule has 2 rings (SSSR count). The number of carbonyl (C=O) groups is 2. The van der Waals surface area contributed by atoms with E-state index in [2.05, 4.69) is 10.6 Å². The molecule has 3 N–H and O–H groups in total. The van der Waals surface area contributed by atoms with Crippen LogP contribution in [0.2, 0.25) is 0 Å². The van der Waals surface area contributed by atoms with Crippen LogP contribution in [0.15, 0.2) is 0 Å². The highest BCUT2D eigenvalue weighted by Gasteiger charge is 2.33. The Hall–Kier alpha value is -1.10. The zero-order chi connectivity index (χ0) is 12.3. The quantitative estimate of drug-likeness (QED) is 0.671. The number of hydrogen-bond donors (Lipinski definition) is 3. The maximum absolute atomic E-state index is 11.9. The average Bonchev–Trinajstić information content (AvgIpc) is 2.83. The Kier molecular flexibility index (Phi) is 3.99. The maximum atomic E-state index is 11.9. The van der Waals surface area contributed by atoms with E-state index in [1.54, 1.807) is 0 Å². The number of rotatable bonds is 3. The lowest BCUT2D eigenvalue weighted by molar-refractivity contribution is -0.144. The largest absolute Gasteiger partial charge is 0.481 e. The molecule has 0 aromatic carbocycles. The van der Waals surface area contributed by atoms with E-state index in [4.69, 9.17) is 5.11 Å². The minimum atomic E-state index is -0.783. The number of amides is 1. The van der Waals surface area contributed by atoms with Crippen molar-refractivity contribution in [2.24, 2.45) is 5.92 Å². The van der Waals surface area contributed by atoms with Crippen LogP contribution in [0.1, 0.15) is 38.5 Å². The third kappa shape index (κ3) is 2.97. The Morgan fingerprint density at radius 3 is 2.53 bits per heavy atom. The summed E-state index contributed by atoms with van der Waals surface area (Å²) in [6.45, 7) is 0.880. The molecule has 0 spiro atoms. The van der Waals surface area contributed by atoms with Gasteiger partial charge in [-0.2, -0.15) is 0 Å². The Morgan fingerprint density at radius 2 is 1.88 bits per heavy atom. The lowest BCUT2D eigenvalue weighted by Gasteiger charge is -2.30. The second kappa shape index (κ2) is 5.49. The normalized spacial score (nSPS) is 33.3. The highest BCUT2D eigenvalue weighted by molar-refractivity contribution is 5.83. The Balaban J connectivity index is 1.90. The van der Waals surface area contributed by atoms with E-state index in [-0.39, 0.29) is 18.0 Å². The molecular formula is C12H20N2O3. The topological polar surface area (TPSA) is 78.4 Å². The molecule has 1 aliphatic heterocycles. The summed E-state index contributed by atoms with van der Waals surface area (Å²) in [6.07, 6.45) is 5.30. The summed E-state index contributed by atoms with van der Waals surface area (Å²) in [5.74, 6) is -1.22. The second-order valence-corrected chi connectivity index (χ2v) is 4.99. The van der Waals surface area contributed by atoms with Crippen molar-refractivity contribution in [1.82, 2.24) is 10.6 Å². The molecule has 1 saturated carbocycles. The molecule has 2 fully saturated rings. The standard InChI is InChI=1S/C12H20N2O3/c15-11(10-6-3-7-13-10)14-9-5-2-1-4-8(9)12(16)17/h8-10,13H,1-7H2,(H,14,15)(H,16,17)/t8?,9?,10-/m0/s1. The SMILES string of the molecule is O=C(O)C1CCCCC1NC(=O)[C@@H]1CCCN1. The molecule has 2 unspecified atom stereocenters. The summed E-state index contributed by atoms with van der Waals surface area (Å²) >= 11 is 0. The van der Waals surface area contributed by atoms with Gasteiger partial charge < -0.3 is 15.7 Å². The number of nitrogens with one attached hydrogen (secondary N) is 2. The van der Waals surface area contributed by atoms with Crippen molar-refractivity contribution in [3.8, 4) is 0 Å². The van der Waals surface area contributed by atoms with Crippen molar-refractivity contribution < 1.29 is 14.7 Å². The van der Waals surface area contributed by atoms with Gasteiger partial charge in [0, 0.05) is 6.04 Å². The molecule has 96 valence electrons. The molecule has 1 aliphatic carbocycles. The summed E-state index contributed by atoms with van der Waals surface area (Å²) in [5, 5.41) is 15.2. The lowest BCUT2D eigenvalue weighted by Crippen LogP contribution is -2.50. The fourth-order valence-electron chi connectivity index (χ4n) is 2.79. The number of carbonyl (C=O) groups excluding carboxylic acids is 1. The van der Waals surface area contributed by atoms with Crippen LogP contribution in [0.4, 0.5) is 0 Å². The first-order chi connectivity index (χ1) is 8.18. The van der Waals surface area contributed by atoms with E-state index in [9.17, 15) is 9.59 Å². The third-order valence-corrected chi connectivity index (χ3v) is 3.79. The molecule has 0 radical (unpaired) electrons. The Labute approximate surface area is 101 Å². The number of carboxylic acid groups (broad SMARTS) is 1. The van der Waals surface area contributed by atoms with Crippen molar-refractivity contribution in [2.45, 2.75) is 50.6 Å². The van der Waals surface area contributed by atoms with Gasteiger partial charge in [0.15, 0.2) is 0 Å². The molecule has 1 heterocycles. The van der Waals surface area contributed by atoms with Gasteiger partial charge in [-0.1, -0.05) is 12.8 Å². The van der Waals surface area contributed by atoms with E-state index >= 15 is 0 Å². The molecule has 0 aromatic heterocycles. The smallest absolute Gasteiger partial charge is 0.308 e. The molecule has 2 aliphatic rings. The van der Waals surface area contributed by atoms with Crippen LogP contribution >= 0.6 is 0 Å². The highest BCUT2D eigenvalue weighted by atomic mass is 16.4. The van der Waals surface area contributed by atoms with Gasteiger partial charge >= 0.3 is 5.97 Å². The van der Waals surface area contributed by atoms with E-state index in [0.717, 1.165) is 38.6 Å². The van der Waals surface area contributed by atoms with E-state index in [1.807, 2.05) is 0 Å². The first-order valence-electron chi connectivity index (χ1n) is 6.45. The summed E-state index contributed by atoms with van der Waals surface area (Å²) < 4.78 is 0. The maximum Gasteiger partial charge on any atom is 0.308 e. The number of aliphatic carboxylic acids is 1.